The van der Waals surface area contributed by atoms with Crippen LogP contribution in [0.2, 0.25) is 0 Å². The third-order valence-electron chi connectivity index (χ3n) is 3.80. The van der Waals surface area contributed by atoms with Crippen LogP contribution in [-0.2, 0) is 0 Å². The highest BCUT2D eigenvalue weighted by atomic mass is 14.9. The lowest BCUT2D eigenvalue weighted by atomic mass is 9.86. The van der Waals surface area contributed by atoms with Crippen LogP contribution in [0.25, 0.3) is 0 Å². The standard InChI is InChI=1S/C14H29N/c1-3-4-5-6-9-12-15-14-11-8-7-10-13(14)2/h13-15H,3-12H2,1-2H3. The van der Waals surface area contributed by atoms with Crippen LogP contribution in [0.4, 0.5) is 0 Å². The summed E-state index contributed by atoms with van der Waals surface area (Å²) in [6.45, 7) is 5.94. The topological polar surface area (TPSA) is 12.0 Å². The molecule has 1 nitrogen and oxygen atoms in total. The van der Waals surface area contributed by atoms with Crippen LogP contribution in [0.1, 0.15) is 71.6 Å². The Bertz CT molecular complexity index is 144. The van der Waals surface area contributed by atoms with Crippen molar-refractivity contribution in [2.24, 2.45) is 5.92 Å². The molecule has 1 fully saturated rings. The minimum atomic E-state index is 0.824. The fourth-order valence-electron chi connectivity index (χ4n) is 2.64. The Balaban J connectivity index is 1.94. The van der Waals surface area contributed by atoms with E-state index in [0.717, 1.165) is 12.0 Å². The first kappa shape index (κ1) is 13.0. The number of unbranched alkanes of at least 4 members (excludes halogenated alkanes) is 4. The molecule has 1 rings (SSSR count). The van der Waals surface area contributed by atoms with Crippen molar-refractivity contribution in [1.29, 1.82) is 0 Å². The van der Waals surface area contributed by atoms with Gasteiger partial charge in [-0.05, 0) is 31.7 Å². The van der Waals surface area contributed by atoms with E-state index in [4.69, 9.17) is 0 Å². The van der Waals surface area contributed by atoms with Crippen LogP contribution in [-0.4, -0.2) is 12.6 Å². The molecule has 0 aromatic heterocycles. The van der Waals surface area contributed by atoms with Gasteiger partial charge in [-0.3, -0.25) is 0 Å². The molecule has 1 aliphatic rings. The number of hydrogen-bond donors (Lipinski definition) is 1. The summed E-state index contributed by atoms with van der Waals surface area (Å²) in [5, 5.41) is 3.75. The van der Waals surface area contributed by atoms with Crippen LogP contribution < -0.4 is 5.32 Å². The fraction of sp³-hybridized carbons (Fsp3) is 1.00. The first-order chi connectivity index (χ1) is 7.34. The molecule has 0 spiro atoms. The largest absolute Gasteiger partial charge is 0.314 e. The maximum absolute atomic E-state index is 3.75. The first-order valence-corrected chi connectivity index (χ1v) is 7.08. The number of nitrogens with one attached hydrogen (secondary N) is 1. The zero-order valence-electron chi connectivity index (χ0n) is 10.7. The lowest BCUT2D eigenvalue weighted by molar-refractivity contribution is 0.279. The molecule has 15 heavy (non-hydrogen) atoms. The molecule has 0 radical (unpaired) electrons. The van der Waals surface area contributed by atoms with Crippen molar-refractivity contribution in [2.75, 3.05) is 6.54 Å². The van der Waals surface area contributed by atoms with Crippen molar-refractivity contribution in [3.63, 3.8) is 0 Å². The van der Waals surface area contributed by atoms with E-state index >= 15 is 0 Å². The second-order valence-electron chi connectivity index (χ2n) is 5.24. The lowest BCUT2D eigenvalue weighted by Gasteiger charge is -2.29. The molecule has 0 aliphatic heterocycles. The van der Waals surface area contributed by atoms with Crippen molar-refractivity contribution < 1.29 is 0 Å². The van der Waals surface area contributed by atoms with Gasteiger partial charge in [0, 0.05) is 6.04 Å². The van der Waals surface area contributed by atoms with Crippen molar-refractivity contribution in [1.82, 2.24) is 5.32 Å². The summed E-state index contributed by atoms with van der Waals surface area (Å²) in [4.78, 5) is 0. The molecule has 1 heteroatoms. The molecule has 1 N–H and O–H groups in total. The minimum absolute atomic E-state index is 0.824. The summed E-state index contributed by atoms with van der Waals surface area (Å²) in [5.41, 5.74) is 0. The van der Waals surface area contributed by atoms with E-state index < -0.39 is 0 Å². The summed E-state index contributed by atoms with van der Waals surface area (Å²) in [6.07, 6.45) is 12.7. The van der Waals surface area contributed by atoms with E-state index in [1.54, 1.807) is 0 Å². The minimum Gasteiger partial charge on any atom is -0.314 e. The van der Waals surface area contributed by atoms with Crippen LogP contribution in [0.5, 0.6) is 0 Å². The SMILES string of the molecule is CCCCCCCNC1CCCCC1C. The Morgan fingerprint density at radius 2 is 1.73 bits per heavy atom. The van der Waals surface area contributed by atoms with Gasteiger partial charge < -0.3 is 5.32 Å². The quantitative estimate of drug-likeness (QED) is 0.624. The highest BCUT2D eigenvalue weighted by Crippen LogP contribution is 2.23. The van der Waals surface area contributed by atoms with Crippen molar-refractivity contribution in [3.05, 3.63) is 0 Å². The average Bonchev–Trinajstić information content (AvgIpc) is 2.25. The van der Waals surface area contributed by atoms with Gasteiger partial charge in [0.1, 0.15) is 0 Å². The van der Waals surface area contributed by atoms with Gasteiger partial charge in [-0.15, -0.1) is 0 Å². The summed E-state index contributed by atoms with van der Waals surface area (Å²) >= 11 is 0. The van der Waals surface area contributed by atoms with Gasteiger partial charge in [0.2, 0.25) is 0 Å². The van der Waals surface area contributed by atoms with E-state index in [1.165, 1.54) is 64.3 Å². The molecular weight excluding hydrogens is 182 g/mol. The molecule has 0 heterocycles. The van der Waals surface area contributed by atoms with Gasteiger partial charge in [0.05, 0.1) is 0 Å². The van der Waals surface area contributed by atoms with Gasteiger partial charge in [0.25, 0.3) is 0 Å². The second-order valence-corrected chi connectivity index (χ2v) is 5.24. The smallest absolute Gasteiger partial charge is 0.00926 e. The van der Waals surface area contributed by atoms with Gasteiger partial charge in [-0.25, -0.2) is 0 Å². The predicted molar refractivity (Wildman–Crippen MR) is 68.2 cm³/mol. The Hall–Kier alpha value is -0.0400. The van der Waals surface area contributed by atoms with Gasteiger partial charge in [-0.2, -0.15) is 0 Å². The molecule has 2 unspecified atom stereocenters. The summed E-state index contributed by atoms with van der Waals surface area (Å²) in [7, 11) is 0. The predicted octanol–water partition coefficient (Wildman–Crippen LogP) is 4.13. The Morgan fingerprint density at radius 1 is 1.00 bits per heavy atom. The van der Waals surface area contributed by atoms with E-state index in [2.05, 4.69) is 19.2 Å². The van der Waals surface area contributed by atoms with Crippen molar-refractivity contribution in [3.8, 4) is 0 Å². The summed E-state index contributed by atoms with van der Waals surface area (Å²) in [5.74, 6) is 0.911. The van der Waals surface area contributed by atoms with Crippen LogP contribution in [0, 0.1) is 5.92 Å². The van der Waals surface area contributed by atoms with Crippen LogP contribution in [0.3, 0.4) is 0 Å². The van der Waals surface area contributed by atoms with E-state index in [1.807, 2.05) is 0 Å². The van der Waals surface area contributed by atoms with Gasteiger partial charge >= 0.3 is 0 Å². The highest BCUT2D eigenvalue weighted by molar-refractivity contribution is 4.77. The zero-order chi connectivity index (χ0) is 10.9. The van der Waals surface area contributed by atoms with Crippen LogP contribution in [0.15, 0.2) is 0 Å². The number of hydrogen-bond acceptors (Lipinski definition) is 1. The molecule has 0 amide bonds. The molecule has 0 aromatic carbocycles. The molecule has 0 saturated heterocycles. The van der Waals surface area contributed by atoms with Gasteiger partial charge in [0.15, 0.2) is 0 Å². The van der Waals surface area contributed by atoms with E-state index in [0.29, 0.717) is 0 Å². The van der Waals surface area contributed by atoms with Crippen molar-refractivity contribution >= 4 is 0 Å². The molecular formula is C14H29N. The first-order valence-electron chi connectivity index (χ1n) is 7.08. The third-order valence-corrected chi connectivity index (χ3v) is 3.80. The Morgan fingerprint density at radius 3 is 2.47 bits per heavy atom. The van der Waals surface area contributed by atoms with Crippen LogP contribution >= 0.6 is 0 Å². The summed E-state index contributed by atoms with van der Waals surface area (Å²) in [6, 6.07) is 0.824. The Kier molecular flexibility index (Phi) is 7.08. The molecule has 0 aromatic rings. The second kappa shape index (κ2) is 8.15. The average molecular weight is 211 g/mol. The molecule has 0 bridgehead atoms. The van der Waals surface area contributed by atoms with Gasteiger partial charge in [-0.1, -0.05) is 52.4 Å². The number of rotatable bonds is 7. The Labute approximate surface area is 96.0 Å². The monoisotopic (exact) mass is 211 g/mol. The fourth-order valence-corrected chi connectivity index (χ4v) is 2.64. The molecule has 1 saturated carbocycles. The molecule has 2 atom stereocenters. The highest BCUT2D eigenvalue weighted by Gasteiger charge is 2.19. The van der Waals surface area contributed by atoms with E-state index in [9.17, 15) is 0 Å². The molecule has 90 valence electrons. The molecule has 1 aliphatic carbocycles. The third kappa shape index (κ3) is 5.55. The van der Waals surface area contributed by atoms with Crippen molar-refractivity contribution in [2.45, 2.75) is 77.7 Å². The summed E-state index contributed by atoms with van der Waals surface area (Å²) < 4.78 is 0. The maximum Gasteiger partial charge on any atom is 0.00926 e. The van der Waals surface area contributed by atoms with E-state index in [-0.39, 0.29) is 0 Å². The zero-order valence-corrected chi connectivity index (χ0v) is 10.7. The normalized spacial score (nSPS) is 26.8. The lowest BCUT2D eigenvalue weighted by Crippen LogP contribution is -2.37. The maximum atomic E-state index is 3.75.